The molecule has 0 saturated carbocycles. The van der Waals surface area contributed by atoms with Crippen LogP contribution in [0.4, 0.5) is 0 Å². The highest BCUT2D eigenvalue weighted by Gasteiger charge is 2.45. The Morgan fingerprint density at radius 3 is 2.81 bits per heavy atom. The molecule has 5 heteroatoms. The number of benzene rings is 1. The number of halogens is 2. The normalized spacial score (nSPS) is 32.8. The molecule has 2 aliphatic heterocycles. The Balaban J connectivity index is 1.94. The maximum absolute atomic E-state index is 6.20. The van der Waals surface area contributed by atoms with Crippen LogP contribution in [-0.4, -0.2) is 37.4 Å². The van der Waals surface area contributed by atoms with Crippen molar-refractivity contribution in [1.29, 1.82) is 0 Å². The maximum atomic E-state index is 6.20. The zero-order valence-electron chi connectivity index (χ0n) is 12.3. The Hall–Kier alpha value is -0.770. The van der Waals surface area contributed by atoms with Gasteiger partial charge in [-0.1, -0.05) is 34.4 Å². The zero-order valence-corrected chi connectivity index (χ0v) is 13.8. The molecule has 21 heavy (non-hydrogen) atoms. The molecule has 0 aromatic heterocycles. The lowest BCUT2D eigenvalue weighted by Gasteiger charge is -2.41. The SMILES string of the molecule is CO/N=C/C1C(c2ccc(Cl)c(Cl)c2)CC2CCC1N2[11CH3]. The Labute approximate surface area is 135 Å². The van der Waals surface area contributed by atoms with Crippen LogP contribution >= 0.6 is 23.2 Å². The van der Waals surface area contributed by atoms with Crippen molar-refractivity contribution in [2.24, 2.45) is 11.1 Å². The molecule has 1 aromatic carbocycles. The van der Waals surface area contributed by atoms with Crippen LogP contribution < -0.4 is 0 Å². The van der Waals surface area contributed by atoms with E-state index in [0.29, 0.717) is 34.0 Å². The number of hydrogen-bond acceptors (Lipinski definition) is 3. The molecule has 4 atom stereocenters. The van der Waals surface area contributed by atoms with Gasteiger partial charge < -0.3 is 4.84 Å². The largest absolute Gasteiger partial charge is 0.399 e. The summed E-state index contributed by atoms with van der Waals surface area (Å²) < 4.78 is 0. The van der Waals surface area contributed by atoms with Gasteiger partial charge in [0.25, 0.3) is 0 Å². The average molecular weight is 326 g/mol. The van der Waals surface area contributed by atoms with Crippen molar-refractivity contribution in [3.8, 4) is 0 Å². The van der Waals surface area contributed by atoms with Crippen LogP contribution in [0, 0.1) is 5.92 Å². The number of hydrogen-bond donors (Lipinski definition) is 0. The quantitative estimate of drug-likeness (QED) is 0.614. The Morgan fingerprint density at radius 2 is 2.10 bits per heavy atom. The second kappa shape index (κ2) is 6.15. The van der Waals surface area contributed by atoms with E-state index in [2.05, 4.69) is 23.2 Å². The minimum Gasteiger partial charge on any atom is -0.399 e. The fraction of sp³-hybridized carbons (Fsp3) is 0.562. The van der Waals surface area contributed by atoms with Gasteiger partial charge in [-0.3, -0.25) is 4.90 Å². The lowest BCUT2D eigenvalue weighted by molar-refractivity contribution is 0.131. The Kier molecular flexibility index (Phi) is 4.43. The van der Waals surface area contributed by atoms with Gasteiger partial charge in [0.15, 0.2) is 0 Å². The molecule has 0 N–H and O–H groups in total. The highest BCUT2D eigenvalue weighted by molar-refractivity contribution is 6.42. The summed E-state index contributed by atoms with van der Waals surface area (Å²) in [6.45, 7) is 0. The first-order valence-corrected chi connectivity index (χ1v) is 8.11. The van der Waals surface area contributed by atoms with E-state index in [-0.39, 0.29) is 0 Å². The monoisotopic (exact) mass is 325 g/mol. The van der Waals surface area contributed by atoms with Crippen molar-refractivity contribution in [3.05, 3.63) is 33.8 Å². The van der Waals surface area contributed by atoms with E-state index < -0.39 is 0 Å². The lowest BCUT2D eigenvalue weighted by Crippen LogP contribution is -2.46. The van der Waals surface area contributed by atoms with Gasteiger partial charge in [0.2, 0.25) is 0 Å². The van der Waals surface area contributed by atoms with Crippen molar-refractivity contribution in [2.45, 2.75) is 37.3 Å². The molecule has 2 aliphatic rings. The minimum absolute atomic E-state index is 0.353. The summed E-state index contributed by atoms with van der Waals surface area (Å²) in [7, 11) is 3.82. The lowest BCUT2D eigenvalue weighted by atomic mass is 9.76. The van der Waals surface area contributed by atoms with Crippen LogP contribution in [0.2, 0.25) is 10.0 Å². The van der Waals surface area contributed by atoms with Gasteiger partial charge >= 0.3 is 0 Å². The first kappa shape index (κ1) is 15.1. The second-order valence-corrected chi connectivity index (χ2v) is 6.81. The third-order valence-electron chi connectivity index (χ3n) is 5.04. The molecule has 0 amide bonds. The van der Waals surface area contributed by atoms with E-state index in [0.717, 1.165) is 6.42 Å². The Morgan fingerprint density at radius 1 is 1.29 bits per heavy atom. The van der Waals surface area contributed by atoms with Crippen LogP contribution in [-0.2, 0) is 4.84 Å². The first-order valence-electron chi connectivity index (χ1n) is 7.35. The highest BCUT2D eigenvalue weighted by Crippen LogP contribution is 2.46. The van der Waals surface area contributed by atoms with E-state index in [1.165, 1.54) is 18.4 Å². The topological polar surface area (TPSA) is 24.8 Å². The van der Waals surface area contributed by atoms with Crippen molar-refractivity contribution < 1.29 is 4.84 Å². The molecule has 2 bridgehead atoms. The highest BCUT2D eigenvalue weighted by atomic mass is 35.5. The molecule has 2 saturated heterocycles. The van der Waals surface area contributed by atoms with Crippen LogP contribution in [0.25, 0.3) is 0 Å². The molecular formula is C16H20Cl2N2O. The van der Waals surface area contributed by atoms with Gasteiger partial charge in [0.1, 0.15) is 7.11 Å². The molecule has 3 nitrogen and oxygen atoms in total. The summed E-state index contributed by atoms with van der Waals surface area (Å²) >= 11 is 12.2. The summed E-state index contributed by atoms with van der Waals surface area (Å²) in [6.07, 6.45) is 5.58. The van der Waals surface area contributed by atoms with Gasteiger partial charge in [0, 0.05) is 24.2 Å². The van der Waals surface area contributed by atoms with Gasteiger partial charge in [-0.15, -0.1) is 0 Å². The number of piperidine rings is 1. The Bertz CT molecular complexity index is 549. The van der Waals surface area contributed by atoms with Crippen LogP contribution in [0.15, 0.2) is 23.4 Å². The number of nitrogens with zero attached hydrogens (tertiary/aromatic N) is 2. The third kappa shape index (κ3) is 2.79. The summed E-state index contributed by atoms with van der Waals surface area (Å²) in [5, 5.41) is 5.29. The summed E-state index contributed by atoms with van der Waals surface area (Å²) in [4.78, 5) is 7.42. The van der Waals surface area contributed by atoms with Crippen molar-refractivity contribution in [3.63, 3.8) is 0 Å². The average Bonchev–Trinajstić information content (AvgIpc) is 2.72. The summed E-state index contributed by atoms with van der Waals surface area (Å²) in [5.74, 6) is 0.776. The zero-order chi connectivity index (χ0) is 15.0. The van der Waals surface area contributed by atoms with E-state index in [4.69, 9.17) is 28.0 Å². The van der Waals surface area contributed by atoms with E-state index in [1.54, 1.807) is 7.11 Å². The van der Waals surface area contributed by atoms with Crippen molar-refractivity contribution in [1.82, 2.24) is 4.90 Å². The molecule has 4 unspecified atom stereocenters. The predicted octanol–water partition coefficient (Wildman–Crippen LogP) is 4.19. The van der Waals surface area contributed by atoms with E-state index >= 15 is 0 Å². The van der Waals surface area contributed by atoms with Gasteiger partial charge in [-0.2, -0.15) is 0 Å². The summed E-state index contributed by atoms with van der Waals surface area (Å²) in [5.41, 5.74) is 1.25. The first-order chi connectivity index (χ1) is 10.1. The fourth-order valence-corrected chi connectivity index (χ4v) is 4.25. The van der Waals surface area contributed by atoms with Crippen molar-refractivity contribution >= 4 is 29.4 Å². The molecule has 3 rings (SSSR count). The molecule has 114 valence electrons. The molecule has 2 heterocycles. The molecule has 0 aliphatic carbocycles. The molecule has 0 radical (unpaired) electrons. The molecule has 1 aromatic rings. The molecular weight excluding hydrogens is 306 g/mol. The maximum Gasteiger partial charge on any atom is 0.106 e. The van der Waals surface area contributed by atoms with Crippen LogP contribution in [0.3, 0.4) is 0 Å². The fourth-order valence-electron chi connectivity index (χ4n) is 3.94. The second-order valence-electron chi connectivity index (χ2n) is 5.99. The number of oxime groups is 1. The standard InChI is InChI=1S/C16H20Cl2N2O/c1-20-11-4-6-16(20)13(9-19-21-2)12(8-11)10-3-5-14(17)15(18)7-10/h3,5,7,9,11-13,16H,4,6,8H2,1-2H3/b19-9+/i1-1. The minimum atomic E-state index is 0.353. The van der Waals surface area contributed by atoms with Gasteiger partial charge in [-0.05, 0) is 49.9 Å². The predicted molar refractivity (Wildman–Crippen MR) is 87.4 cm³/mol. The molecule has 0 spiro atoms. The number of fused-ring (bicyclic) bond motifs is 2. The van der Waals surface area contributed by atoms with Crippen LogP contribution in [0.5, 0.6) is 0 Å². The smallest absolute Gasteiger partial charge is 0.106 e. The van der Waals surface area contributed by atoms with E-state index in [1.807, 2.05) is 18.3 Å². The van der Waals surface area contributed by atoms with Gasteiger partial charge in [-0.25, -0.2) is 0 Å². The molecule has 2 fully saturated rings. The number of rotatable bonds is 3. The summed E-state index contributed by atoms with van der Waals surface area (Å²) in [6, 6.07) is 7.18. The van der Waals surface area contributed by atoms with Gasteiger partial charge in [0.05, 0.1) is 10.0 Å². The van der Waals surface area contributed by atoms with Crippen LogP contribution in [0.1, 0.15) is 30.7 Å². The third-order valence-corrected chi connectivity index (χ3v) is 5.78. The van der Waals surface area contributed by atoms with Crippen molar-refractivity contribution in [2.75, 3.05) is 14.2 Å². The van der Waals surface area contributed by atoms with E-state index in [9.17, 15) is 0 Å².